The fraction of sp³-hybridized carbons (Fsp3) is 0.0909. The van der Waals surface area contributed by atoms with Crippen molar-refractivity contribution in [3.63, 3.8) is 0 Å². The van der Waals surface area contributed by atoms with Crippen LogP contribution in [0.2, 0.25) is 0 Å². The third kappa shape index (κ3) is 1.72. The molecular weight excluding hydrogens is 162 g/mol. The first-order chi connectivity index (χ1) is 6.36. The van der Waals surface area contributed by atoms with Gasteiger partial charge < -0.3 is 10.5 Å². The Morgan fingerprint density at radius 2 is 1.85 bits per heavy atom. The monoisotopic (exact) mass is 173 g/mol. The standard InChI is InChI=1S/C11H11NO/c12-10-6-4-9(5-7-10)11-3-1-2-8-13-11/h1-8,11H,12H2. The van der Waals surface area contributed by atoms with E-state index in [0.29, 0.717) is 0 Å². The van der Waals surface area contributed by atoms with Gasteiger partial charge in [-0.2, -0.15) is 0 Å². The first kappa shape index (κ1) is 7.92. The highest BCUT2D eigenvalue weighted by Gasteiger charge is 2.07. The Morgan fingerprint density at radius 3 is 2.46 bits per heavy atom. The molecule has 66 valence electrons. The molecular formula is C11H11NO. The van der Waals surface area contributed by atoms with Gasteiger partial charge in [0.1, 0.15) is 6.10 Å². The lowest BCUT2D eigenvalue weighted by atomic mass is 10.1. The van der Waals surface area contributed by atoms with Gasteiger partial charge in [-0.15, -0.1) is 0 Å². The summed E-state index contributed by atoms with van der Waals surface area (Å²) in [6.45, 7) is 0. The second kappa shape index (κ2) is 3.35. The third-order valence-electron chi connectivity index (χ3n) is 1.97. The molecule has 2 rings (SSSR count). The van der Waals surface area contributed by atoms with E-state index in [2.05, 4.69) is 0 Å². The molecule has 0 amide bonds. The van der Waals surface area contributed by atoms with Crippen LogP contribution < -0.4 is 5.73 Å². The summed E-state index contributed by atoms with van der Waals surface area (Å²) >= 11 is 0. The molecule has 0 spiro atoms. The smallest absolute Gasteiger partial charge is 0.141 e. The van der Waals surface area contributed by atoms with E-state index in [1.807, 2.05) is 42.5 Å². The largest absolute Gasteiger partial charge is 0.489 e. The molecule has 2 heteroatoms. The van der Waals surface area contributed by atoms with Gasteiger partial charge >= 0.3 is 0 Å². The Bertz CT molecular complexity index is 338. The molecule has 2 nitrogen and oxygen atoms in total. The van der Waals surface area contributed by atoms with Gasteiger partial charge in [-0.3, -0.25) is 0 Å². The highest BCUT2D eigenvalue weighted by Crippen LogP contribution is 2.22. The fourth-order valence-corrected chi connectivity index (χ4v) is 1.26. The normalized spacial score (nSPS) is 19.8. The summed E-state index contributed by atoms with van der Waals surface area (Å²) < 4.78 is 5.40. The lowest BCUT2D eigenvalue weighted by molar-refractivity contribution is 0.186. The van der Waals surface area contributed by atoms with Crippen molar-refractivity contribution in [1.29, 1.82) is 0 Å². The molecule has 0 radical (unpaired) electrons. The van der Waals surface area contributed by atoms with Gasteiger partial charge in [0.25, 0.3) is 0 Å². The first-order valence-corrected chi connectivity index (χ1v) is 4.20. The number of nitrogen functional groups attached to an aromatic ring is 1. The Balaban J connectivity index is 2.21. The lowest BCUT2D eigenvalue weighted by Gasteiger charge is -2.15. The molecule has 1 heterocycles. The number of hydrogen-bond acceptors (Lipinski definition) is 2. The summed E-state index contributed by atoms with van der Waals surface area (Å²) in [5.74, 6) is 0. The van der Waals surface area contributed by atoms with E-state index in [9.17, 15) is 0 Å². The Kier molecular flexibility index (Phi) is 2.04. The Morgan fingerprint density at radius 1 is 1.08 bits per heavy atom. The van der Waals surface area contributed by atoms with E-state index in [-0.39, 0.29) is 6.10 Å². The number of hydrogen-bond donors (Lipinski definition) is 1. The highest BCUT2D eigenvalue weighted by atomic mass is 16.5. The molecule has 1 aromatic rings. The molecule has 0 aliphatic carbocycles. The SMILES string of the molecule is Nc1ccc(C2C=CC=CO2)cc1. The van der Waals surface area contributed by atoms with Crippen molar-refractivity contribution >= 4 is 5.69 Å². The van der Waals surface area contributed by atoms with Crippen LogP contribution in [0.4, 0.5) is 5.69 Å². The Labute approximate surface area is 77.3 Å². The van der Waals surface area contributed by atoms with Gasteiger partial charge in [0, 0.05) is 5.69 Å². The molecule has 1 aliphatic rings. The zero-order chi connectivity index (χ0) is 9.10. The van der Waals surface area contributed by atoms with Crippen molar-refractivity contribution in [3.05, 3.63) is 54.3 Å². The molecule has 1 atom stereocenters. The number of nitrogens with two attached hydrogens (primary N) is 1. The van der Waals surface area contributed by atoms with Crippen molar-refractivity contribution in [2.45, 2.75) is 6.10 Å². The predicted molar refractivity (Wildman–Crippen MR) is 53.0 cm³/mol. The molecule has 13 heavy (non-hydrogen) atoms. The van der Waals surface area contributed by atoms with Gasteiger partial charge in [0.05, 0.1) is 6.26 Å². The maximum atomic E-state index is 5.58. The number of benzene rings is 1. The molecule has 0 bridgehead atoms. The van der Waals surface area contributed by atoms with Crippen LogP contribution in [0.1, 0.15) is 11.7 Å². The molecule has 0 saturated heterocycles. The van der Waals surface area contributed by atoms with Gasteiger partial charge in [-0.05, 0) is 29.8 Å². The van der Waals surface area contributed by atoms with Crippen LogP contribution in [-0.4, -0.2) is 0 Å². The van der Waals surface area contributed by atoms with Crippen molar-refractivity contribution in [2.24, 2.45) is 0 Å². The fourth-order valence-electron chi connectivity index (χ4n) is 1.26. The summed E-state index contributed by atoms with van der Waals surface area (Å²) in [7, 11) is 0. The average molecular weight is 173 g/mol. The van der Waals surface area contributed by atoms with Crippen LogP contribution in [0.5, 0.6) is 0 Å². The average Bonchev–Trinajstić information content (AvgIpc) is 2.20. The van der Waals surface area contributed by atoms with Gasteiger partial charge in [0.2, 0.25) is 0 Å². The van der Waals surface area contributed by atoms with E-state index >= 15 is 0 Å². The quantitative estimate of drug-likeness (QED) is 0.662. The number of anilines is 1. The summed E-state index contributed by atoms with van der Waals surface area (Å²) in [6, 6.07) is 7.71. The summed E-state index contributed by atoms with van der Waals surface area (Å²) in [4.78, 5) is 0. The number of allylic oxidation sites excluding steroid dienone is 2. The van der Waals surface area contributed by atoms with Crippen molar-refractivity contribution in [2.75, 3.05) is 5.73 Å². The summed E-state index contributed by atoms with van der Waals surface area (Å²) in [6.07, 6.45) is 7.58. The third-order valence-corrected chi connectivity index (χ3v) is 1.97. The van der Waals surface area contributed by atoms with Crippen molar-refractivity contribution < 1.29 is 4.74 Å². The van der Waals surface area contributed by atoms with Crippen molar-refractivity contribution in [1.82, 2.24) is 0 Å². The summed E-state index contributed by atoms with van der Waals surface area (Å²) in [5, 5.41) is 0. The molecule has 1 unspecified atom stereocenters. The predicted octanol–water partition coefficient (Wildman–Crippen LogP) is 2.41. The molecule has 1 aromatic carbocycles. The maximum Gasteiger partial charge on any atom is 0.141 e. The molecule has 0 saturated carbocycles. The number of ether oxygens (including phenoxy) is 1. The minimum absolute atomic E-state index is 0.0330. The minimum atomic E-state index is 0.0330. The maximum absolute atomic E-state index is 5.58. The minimum Gasteiger partial charge on any atom is -0.489 e. The molecule has 0 aromatic heterocycles. The van der Waals surface area contributed by atoms with E-state index in [1.165, 1.54) is 0 Å². The van der Waals surface area contributed by atoms with Gasteiger partial charge in [-0.25, -0.2) is 0 Å². The second-order valence-electron chi connectivity index (χ2n) is 2.94. The topological polar surface area (TPSA) is 35.2 Å². The van der Waals surface area contributed by atoms with Crippen LogP contribution in [-0.2, 0) is 4.74 Å². The van der Waals surface area contributed by atoms with Gasteiger partial charge in [0.15, 0.2) is 0 Å². The van der Waals surface area contributed by atoms with E-state index in [1.54, 1.807) is 6.26 Å². The van der Waals surface area contributed by atoms with Crippen molar-refractivity contribution in [3.8, 4) is 0 Å². The highest BCUT2D eigenvalue weighted by molar-refractivity contribution is 5.40. The van der Waals surface area contributed by atoms with E-state index < -0.39 is 0 Å². The van der Waals surface area contributed by atoms with Crippen LogP contribution in [0.25, 0.3) is 0 Å². The molecule has 2 N–H and O–H groups in total. The zero-order valence-electron chi connectivity index (χ0n) is 7.18. The van der Waals surface area contributed by atoms with Crippen LogP contribution in [0, 0.1) is 0 Å². The van der Waals surface area contributed by atoms with Gasteiger partial charge in [-0.1, -0.05) is 18.2 Å². The zero-order valence-corrected chi connectivity index (χ0v) is 7.18. The first-order valence-electron chi connectivity index (χ1n) is 4.20. The number of rotatable bonds is 1. The van der Waals surface area contributed by atoms with E-state index in [4.69, 9.17) is 10.5 Å². The Hall–Kier alpha value is -1.70. The van der Waals surface area contributed by atoms with Crippen LogP contribution >= 0.6 is 0 Å². The van der Waals surface area contributed by atoms with E-state index in [0.717, 1.165) is 11.3 Å². The molecule has 0 fully saturated rings. The van der Waals surface area contributed by atoms with Crippen LogP contribution in [0.3, 0.4) is 0 Å². The molecule has 1 aliphatic heterocycles. The second-order valence-corrected chi connectivity index (χ2v) is 2.94. The lowest BCUT2D eigenvalue weighted by Crippen LogP contribution is -1.99. The summed E-state index contributed by atoms with van der Waals surface area (Å²) in [5.41, 5.74) is 7.48. The van der Waals surface area contributed by atoms with Crippen LogP contribution in [0.15, 0.2) is 48.8 Å².